The molecule has 0 fully saturated rings. The maximum Gasteiger partial charge on any atom is 0.457 e. The van der Waals surface area contributed by atoms with Gasteiger partial charge >= 0.3 is 12.5 Å². The molecule has 1 aromatic carbocycles. The highest BCUT2D eigenvalue weighted by molar-refractivity contribution is 9.10. The van der Waals surface area contributed by atoms with Crippen molar-refractivity contribution < 1.29 is 22.3 Å². The third-order valence-electron chi connectivity index (χ3n) is 1.31. The highest BCUT2D eigenvalue weighted by Gasteiger charge is 2.42. The molecule has 0 aromatic heterocycles. The van der Waals surface area contributed by atoms with Crippen LogP contribution in [0.3, 0.4) is 0 Å². The van der Waals surface area contributed by atoms with Crippen LogP contribution in [0.5, 0.6) is 5.75 Å². The smallest absolute Gasteiger partial charge is 0.452 e. The van der Waals surface area contributed by atoms with E-state index in [1.165, 1.54) is 24.3 Å². The van der Waals surface area contributed by atoms with E-state index >= 15 is 0 Å². The third-order valence-corrected chi connectivity index (χ3v) is 1.84. The number of halogens is 5. The van der Waals surface area contributed by atoms with Crippen LogP contribution in [0.25, 0.3) is 0 Å². The second-order valence-corrected chi connectivity index (χ2v) is 3.35. The van der Waals surface area contributed by atoms with Crippen molar-refractivity contribution in [3.8, 4) is 5.75 Å². The Hall–Kier alpha value is -0.780. The molecule has 14 heavy (non-hydrogen) atoms. The minimum atomic E-state index is -4.99. The maximum absolute atomic E-state index is 12.3. The Bertz CT molecular complexity index is 295. The van der Waals surface area contributed by atoms with Crippen molar-refractivity contribution in [3.63, 3.8) is 0 Å². The van der Waals surface area contributed by atoms with Crippen molar-refractivity contribution in [1.82, 2.24) is 0 Å². The molecule has 1 rings (SSSR count). The van der Waals surface area contributed by atoms with E-state index in [4.69, 9.17) is 0 Å². The lowest BCUT2D eigenvalue weighted by atomic mass is 10.3. The number of hydrogen-bond donors (Lipinski definition) is 0. The lowest BCUT2D eigenvalue weighted by Gasteiger charge is -2.13. The molecule has 0 spiro atoms. The van der Waals surface area contributed by atoms with Gasteiger partial charge in [0.15, 0.2) is 0 Å². The van der Waals surface area contributed by atoms with Gasteiger partial charge in [0.2, 0.25) is 0 Å². The summed E-state index contributed by atoms with van der Waals surface area (Å²) in [5, 5.41) is 0. The van der Waals surface area contributed by atoms with Crippen LogP contribution in [0.1, 0.15) is 0 Å². The summed E-state index contributed by atoms with van der Waals surface area (Å²) >= 11 is 3.08. The Morgan fingerprint density at radius 2 is 1.64 bits per heavy atom. The molecule has 0 N–H and O–H groups in total. The average Bonchev–Trinajstić information content (AvgIpc) is 2.07. The third kappa shape index (κ3) is 3.17. The minimum absolute atomic E-state index is 0.168. The standard InChI is InChI=1S/C8H5BrF4O/c9-5-1-3-6(4-2-5)14-7(10)8(11,12)13/h1-4,7H. The van der Waals surface area contributed by atoms with E-state index < -0.39 is 12.5 Å². The predicted octanol–water partition coefficient (Wildman–Crippen LogP) is 3.69. The first-order chi connectivity index (χ1) is 6.39. The summed E-state index contributed by atoms with van der Waals surface area (Å²) in [4.78, 5) is 0. The molecule has 0 aliphatic carbocycles. The fourth-order valence-corrected chi connectivity index (χ4v) is 0.964. The summed E-state index contributed by atoms with van der Waals surface area (Å²) in [6, 6.07) is 5.39. The van der Waals surface area contributed by atoms with Gasteiger partial charge in [-0.1, -0.05) is 15.9 Å². The first-order valence-electron chi connectivity index (χ1n) is 3.52. The molecule has 0 aliphatic heterocycles. The summed E-state index contributed by atoms with van der Waals surface area (Å²) in [5.41, 5.74) is 0. The van der Waals surface area contributed by atoms with Gasteiger partial charge in [0.1, 0.15) is 5.75 Å². The summed E-state index contributed by atoms with van der Waals surface area (Å²) < 4.78 is 52.1. The first kappa shape index (κ1) is 11.3. The van der Waals surface area contributed by atoms with Crippen molar-refractivity contribution in [1.29, 1.82) is 0 Å². The molecule has 0 amide bonds. The molecule has 1 atom stereocenters. The fourth-order valence-electron chi connectivity index (χ4n) is 0.699. The predicted molar refractivity (Wildman–Crippen MR) is 45.7 cm³/mol. The highest BCUT2D eigenvalue weighted by Crippen LogP contribution is 2.26. The summed E-state index contributed by atoms with van der Waals surface area (Å²) in [7, 11) is 0. The fraction of sp³-hybridized carbons (Fsp3) is 0.250. The Labute approximate surface area is 85.8 Å². The number of ether oxygens (including phenoxy) is 1. The van der Waals surface area contributed by atoms with Gasteiger partial charge in [-0.3, -0.25) is 0 Å². The van der Waals surface area contributed by atoms with Crippen LogP contribution in [0.4, 0.5) is 17.6 Å². The summed E-state index contributed by atoms with van der Waals surface area (Å²) in [6.07, 6.45) is -8.28. The van der Waals surface area contributed by atoms with E-state index in [2.05, 4.69) is 20.7 Å². The molecule has 1 aromatic rings. The maximum atomic E-state index is 12.3. The topological polar surface area (TPSA) is 9.23 Å². The normalized spacial score (nSPS) is 13.8. The number of hydrogen-bond acceptors (Lipinski definition) is 1. The van der Waals surface area contributed by atoms with Gasteiger partial charge in [-0.15, -0.1) is 0 Å². The molecule has 0 saturated heterocycles. The van der Waals surface area contributed by atoms with Crippen molar-refractivity contribution in [2.45, 2.75) is 12.5 Å². The van der Waals surface area contributed by atoms with Crippen LogP contribution in [0.15, 0.2) is 28.7 Å². The van der Waals surface area contributed by atoms with Crippen LogP contribution in [-0.2, 0) is 0 Å². The molecular formula is C8H5BrF4O. The van der Waals surface area contributed by atoms with Gasteiger partial charge in [-0.25, -0.2) is 0 Å². The van der Waals surface area contributed by atoms with Crippen LogP contribution in [-0.4, -0.2) is 12.5 Å². The van der Waals surface area contributed by atoms with E-state index in [-0.39, 0.29) is 5.75 Å². The second kappa shape index (κ2) is 4.16. The van der Waals surface area contributed by atoms with Crippen LogP contribution < -0.4 is 4.74 Å². The number of alkyl halides is 4. The van der Waals surface area contributed by atoms with Gasteiger partial charge in [0.25, 0.3) is 0 Å². The lowest BCUT2D eigenvalue weighted by Crippen LogP contribution is -2.29. The van der Waals surface area contributed by atoms with Gasteiger partial charge in [-0.2, -0.15) is 17.6 Å². The van der Waals surface area contributed by atoms with E-state index in [0.717, 1.165) is 0 Å². The number of rotatable bonds is 2. The Balaban J connectivity index is 2.65. The van der Waals surface area contributed by atoms with Crippen molar-refractivity contribution in [3.05, 3.63) is 28.7 Å². The minimum Gasteiger partial charge on any atom is -0.452 e. The van der Waals surface area contributed by atoms with Crippen molar-refractivity contribution in [2.75, 3.05) is 0 Å². The summed E-state index contributed by atoms with van der Waals surface area (Å²) in [5.74, 6) is -0.168. The molecule has 0 radical (unpaired) electrons. The largest absolute Gasteiger partial charge is 0.457 e. The molecule has 0 aliphatic rings. The van der Waals surface area contributed by atoms with Gasteiger partial charge < -0.3 is 4.74 Å². The average molecular weight is 273 g/mol. The van der Waals surface area contributed by atoms with E-state index in [9.17, 15) is 17.6 Å². The molecule has 6 heteroatoms. The monoisotopic (exact) mass is 272 g/mol. The molecule has 0 saturated carbocycles. The van der Waals surface area contributed by atoms with Crippen LogP contribution in [0, 0.1) is 0 Å². The Morgan fingerprint density at radius 1 is 1.14 bits per heavy atom. The van der Waals surface area contributed by atoms with Gasteiger partial charge in [-0.05, 0) is 24.3 Å². The Kier molecular flexibility index (Phi) is 3.36. The number of benzene rings is 1. The zero-order valence-electron chi connectivity index (χ0n) is 6.68. The molecule has 0 bridgehead atoms. The Morgan fingerprint density at radius 3 is 2.07 bits per heavy atom. The van der Waals surface area contributed by atoms with Crippen molar-refractivity contribution >= 4 is 15.9 Å². The van der Waals surface area contributed by atoms with E-state index in [1.54, 1.807) is 0 Å². The molecule has 78 valence electrons. The first-order valence-corrected chi connectivity index (χ1v) is 4.32. The molecule has 0 heterocycles. The summed E-state index contributed by atoms with van der Waals surface area (Å²) in [6.45, 7) is 0. The van der Waals surface area contributed by atoms with Gasteiger partial charge in [0.05, 0.1) is 0 Å². The zero-order valence-corrected chi connectivity index (χ0v) is 8.27. The van der Waals surface area contributed by atoms with E-state index in [1.807, 2.05) is 0 Å². The lowest BCUT2D eigenvalue weighted by molar-refractivity contribution is -0.236. The molecular weight excluding hydrogens is 268 g/mol. The second-order valence-electron chi connectivity index (χ2n) is 2.43. The SMILES string of the molecule is FC(Oc1ccc(Br)cc1)C(F)(F)F. The van der Waals surface area contributed by atoms with E-state index in [0.29, 0.717) is 4.47 Å². The zero-order chi connectivity index (χ0) is 10.8. The van der Waals surface area contributed by atoms with Crippen LogP contribution >= 0.6 is 15.9 Å². The highest BCUT2D eigenvalue weighted by atomic mass is 79.9. The quantitative estimate of drug-likeness (QED) is 0.747. The molecule has 1 nitrogen and oxygen atoms in total. The van der Waals surface area contributed by atoms with Crippen molar-refractivity contribution in [2.24, 2.45) is 0 Å². The molecule has 1 unspecified atom stereocenters. The van der Waals surface area contributed by atoms with Crippen LogP contribution in [0.2, 0.25) is 0 Å². The van der Waals surface area contributed by atoms with Gasteiger partial charge in [0, 0.05) is 4.47 Å².